The number of oxime groups is 1. The van der Waals surface area contributed by atoms with E-state index in [1.807, 2.05) is 0 Å². The van der Waals surface area contributed by atoms with Crippen molar-refractivity contribution in [3.8, 4) is 5.75 Å². The van der Waals surface area contributed by atoms with Crippen LogP contribution in [-0.4, -0.2) is 32.7 Å². The van der Waals surface area contributed by atoms with Gasteiger partial charge < -0.3 is 15.1 Å². The fourth-order valence-electron chi connectivity index (χ4n) is 0.999. The van der Waals surface area contributed by atoms with Crippen LogP contribution in [0.4, 0.5) is 0 Å². The zero-order valence-electron chi connectivity index (χ0n) is 8.71. The summed E-state index contributed by atoms with van der Waals surface area (Å²) in [6.07, 6.45) is 0. The van der Waals surface area contributed by atoms with Crippen LogP contribution in [0, 0.1) is 0 Å². The highest BCUT2D eigenvalue weighted by Gasteiger charge is 2.18. The number of carboxylic acid groups (broad SMARTS) is 1. The monoisotopic (exact) mass is 291 g/mol. The molecule has 0 spiro atoms. The summed E-state index contributed by atoms with van der Waals surface area (Å²) < 4.78 is 0. The number of carbonyl (C=O) groups excluding carboxylic acids is 1. The molecule has 1 aromatic rings. The Labute approximate surface area is 111 Å². The van der Waals surface area contributed by atoms with Crippen LogP contribution in [0.25, 0.3) is 0 Å². The lowest BCUT2D eigenvalue weighted by molar-refractivity contribution is -0.141. The molecule has 8 heteroatoms. The molecule has 0 unspecified atom stereocenters. The van der Waals surface area contributed by atoms with Gasteiger partial charge in [0.2, 0.25) is 4.84 Å². The van der Waals surface area contributed by atoms with Crippen molar-refractivity contribution in [2.24, 2.45) is 5.16 Å². The van der Waals surface area contributed by atoms with Crippen LogP contribution in [0.15, 0.2) is 29.4 Å². The third kappa shape index (κ3) is 3.90. The maximum absolute atomic E-state index is 10.9. The number of rotatable bonds is 4. The highest BCUT2D eigenvalue weighted by molar-refractivity contribution is 6.53. The highest BCUT2D eigenvalue weighted by Crippen LogP contribution is 2.13. The van der Waals surface area contributed by atoms with Gasteiger partial charge in [-0.25, -0.2) is 9.59 Å². The molecule has 0 saturated carbocycles. The molecule has 96 valence electrons. The van der Waals surface area contributed by atoms with Crippen molar-refractivity contribution in [3.05, 3.63) is 29.8 Å². The lowest BCUT2D eigenvalue weighted by atomic mass is 10.1. The van der Waals surface area contributed by atoms with Crippen LogP contribution in [0.5, 0.6) is 5.75 Å². The molecular weight excluding hydrogens is 285 g/mol. The zero-order valence-corrected chi connectivity index (χ0v) is 10.2. The second kappa shape index (κ2) is 6.23. The van der Waals surface area contributed by atoms with E-state index in [1.165, 1.54) is 18.2 Å². The molecule has 0 aliphatic rings. The Morgan fingerprint density at radius 3 is 2.50 bits per heavy atom. The van der Waals surface area contributed by atoms with Crippen LogP contribution in [0.3, 0.4) is 0 Å². The summed E-state index contributed by atoms with van der Waals surface area (Å²) in [6, 6.07) is 5.29. The van der Waals surface area contributed by atoms with E-state index >= 15 is 0 Å². The van der Waals surface area contributed by atoms with Gasteiger partial charge in [-0.1, -0.05) is 40.5 Å². The number of alkyl halides is 2. The fraction of sp³-hybridized carbons (Fsp3) is 0.100. The van der Waals surface area contributed by atoms with Gasteiger partial charge in [0.05, 0.1) is 0 Å². The Balaban J connectivity index is 3.00. The van der Waals surface area contributed by atoms with Gasteiger partial charge in [-0.05, 0) is 12.1 Å². The van der Waals surface area contributed by atoms with E-state index in [1.54, 1.807) is 0 Å². The quantitative estimate of drug-likeness (QED) is 0.379. The third-order valence-corrected chi connectivity index (χ3v) is 2.08. The molecule has 0 heterocycles. The maximum Gasteiger partial charge on any atom is 0.367 e. The number of hydrogen-bond donors (Lipinski definition) is 2. The van der Waals surface area contributed by atoms with Gasteiger partial charge in [-0.15, -0.1) is 0 Å². The molecule has 0 aliphatic carbocycles. The lowest BCUT2D eigenvalue weighted by Crippen LogP contribution is -2.17. The molecule has 0 amide bonds. The fourth-order valence-corrected chi connectivity index (χ4v) is 1.08. The van der Waals surface area contributed by atoms with Crippen LogP contribution in [0.1, 0.15) is 5.56 Å². The van der Waals surface area contributed by atoms with E-state index in [0.717, 1.165) is 6.07 Å². The molecule has 6 nitrogen and oxygen atoms in total. The van der Waals surface area contributed by atoms with Gasteiger partial charge in [-0.2, -0.15) is 0 Å². The minimum atomic E-state index is -1.46. The lowest BCUT2D eigenvalue weighted by Gasteiger charge is -2.02. The number of aromatic hydroxyl groups is 1. The number of phenols is 1. The van der Waals surface area contributed by atoms with Crippen molar-refractivity contribution in [1.82, 2.24) is 0 Å². The summed E-state index contributed by atoms with van der Waals surface area (Å²) in [5.74, 6) is -2.69. The number of benzene rings is 1. The van der Waals surface area contributed by atoms with Crippen molar-refractivity contribution in [3.63, 3.8) is 0 Å². The third-order valence-electron chi connectivity index (χ3n) is 1.73. The molecule has 0 aromatic heterocycles. The largest absolute Gasteiger partial charge is 0.508 e. The number of carboxylic acids is 1. The Hall–Kier alpha value is -1.79. The van der Waals surface area contributed by atoms with Gasteiger partial charge >= 0.3 is 11.9 Å². The molecule has 0 atom stereocenters. The summed E-state index contributed by atoms with van der Waals surface area (Å²) in [5.41, 5.74) is -0.496. The molecule has 18 heavy (non-hydrogen) atoms. The minimum Gasteiger partial charge on any atom is -0.508 e. The van der Waals surface area contributed by atoms with Crippen LogP contribution in [0.2, 0.25) is 0 Å². The van der Waals surface area contributed by atoms with Gasteiger partial charge in [0.25, 0.3) is 0 Å². The molecule has 1 rings (SSSR count). The van der Waals surface area contributed by atoms with E-state index < -0.39 is 22.5 Å². The summed E-state index contributed by atoms with van der Waals surface area (Å²) in [4.78, 5) is 24.6. The van der Waals surface area contributed by atoms with Crippen LogP contribution in [-0.2, 0) is 14.4 Å². The molecule has 0 aliphatic heterocycles. The van der Waals surface area contributed by atoms with E-state index in [0.29, 0.717) is 0 Å². The molecular formula is C10H7Cl2NO5. The topological polar surface area (TPSA) is 96.2 Å². The average Bonchev–Trinajstić information content (AvgIpc) is 2.28. The van der Waals surface area contributed by atoms with Crippen molar-refractivity contribution >= 4 is 40.9 Å². The first-order valence-corrected chi connectivity index (χ1v) is 5.39. The van der Waals surface area contributed by atoms with Crippen LogP contribution < -0.4 is 0 Å². The van der Waals surface area contributed by atoms with E-state index in [4.69, 9.17) is 28.3 Å². The van der Waals surface area contributed by atoms with E-state index in [2.05, 4.69) is 9.99 Å². The summed E-state index contributed by atoms with van der Waals surface area (Å²) in [6.45, 7) is 0. The second-order valence-electron chi connectivity index (χ2n) is 3.01. The first kappa shape index (κ1) is 14.3. The van der Waals surface area contributed by atoms with Gasteiger partial charge in [-0.3, -0.25) is 0 Å². The zero-order chi connectivity index (χ0) is 13.7. The Kier molecular flexibility index (Phi) is 4.94. The van der Waals surface area contributed by atoms with Crippen molar-refractivity contribution in [2.75, 3.05) is 0 Å². The maximum atomic E-state index is 10.9. The van der Waals surface area contributed by atoms with E-state index in [-0.39, 0.29) is 11.3 Å². The molecule has 0 saturated heterocycles. The second-order valence-corrected chi connectivity index (χ2v) is 4.10. The van der Waals surface area contributed by atoms with Gasteiger partial charge in [0.1, 0.15) is 5.75 Å². The van der Waals surface area contributed by atoms with Crippen LogP contribution >= 0.6 is 23.2 Å². The molecule has 0 bridgehead atoms. The summed E-state index contributed by atoms with van der Waals surface area (Å²) in [7, 11) is 0. The number of carbonyl (C=O) groups is 2. The molecule has 1 aromatic carbocycles. The normalized spacial score (nSPS) is 11.4. The average molecular weight is 292 g/mol. The molecule has 0 fully saturated rings. The first-order valence-electron chi connectivity index (χ1n) is 4.51. The van der Waals surface area contributed by atoms with Crippen molar-refractivity contribution in [2.45, 2.75) is 4.84 Å². The summed E-state index contributed by atoms with van der Waals surface area (Å²) in [5, 5.41) is 21.3. The SMILES string of the molecule is O=C(O)/C(=N/OC(=O)C(Cl)Cl)c1cccc(O)c1. The number of aliphatic carboxylic acids is 1. The first-order chi connectivity index (χ1) is 8.41. The van der Waals surface area contributed by atoms with Crippen molar-refractivity contribution < 1.29 is 24.6 Å². The number of phenolic OH excluding ortho intramolecular Hbond substituents is 1. The highest BCUT2D eigenvalue weighted by atomic mass is 35.5. The number of halogens is 2. The number of nitrogens with zero attached hydrogens (tertiary/aromatic N) is 1. The predicted molar refractivity (Wildman–Crippen MR) is 63.9 cm³/mol. The standard InChI is InChI=1S/C10H7Cl2NO5/c11-8(12)10(17)18-13-7(9(15)16)5-2-1-3-6(14)4-5/h1-4,8,14H,(H,15,16)/b13-7+. The van der Waals surface area contributed by atoms with Crippen molar-refractivity contribution in [1.29, 1.82) is 0 Å². The Bertz CT molecular complexity index is 501. The summed E-state index contributed by atoms with van der Waals surface area (Å²) >= 11 is 10.4. The smallest absolute Gasteiger partial charge is 0.367 e. The predicted octanol–water partition coefficient (Wildman–Crippen LogP) is 1.53. The molecule has 0 radical (unpaired) electrons. The Morgan fingerprint density at radius 2 is 2.00 bits per heavy atom. The van der Waals surface area contributed by atoms with Gasteiger partial charge in [0, 0.05) is 5.56 Å². The Morgan fingerprint density at radius 1 is 1.33 bits per heavy atom. The minimum absolute atomic E-state index is 0.0657. The number of hydrogen-bond acceptors (Lipinski definition) is 5. The van der Waals surface area contributed by atoms with E-state index in [9.17, 15) is 14.7 Å². The van der Waals surface area contributed by atoms with Gasteiger partial charge in [0.15, 0.2) is 5.71 Å². The molecule has 2 N–H and O–H groups in total.